The molecule has 0 saturated carbocycles. The van der Waals surface area contributed by atoms with Gasteiger partial charge in [-0.15, -0.1) is 0 Å². The van der Waals surface area contributed by atoms with Crippen LogP contribution < -0.4 is 11.1 Å². The average Bonchev–Trinajstić information content (AvgIpc) is 2.98. The predicted molar refractivity (Wildman–Crippen MR) is 89.8 cm³/mol. The van der Waals surface area contributed by atoms with E-state index in [1.54, 1.807) is 24.3 Å². The number of nitrogens with zero attached hydrogens (tertiary/aromatic N) is 1. The summed E-state index contributed by atoms with van der Waals surface area (Å²) in [6.07, 6.45) is 2.32. The number of aromatic amines is 1. The van der Waals surface area contributed by atoms with Crippen molar-refractivity contribution in [2.75, 3.05) is 5.32 Å². The van der Waals surface area contributed by atoms with Gasteiger partial charge in [0.05, 0.1) is 17.7 Å². The van der Waals surface area contributed by atoms with Crippen molar-refractivity contribution >= 4 is 22.5 Å². The van der Waals surface area contributed by atoms with Crippen molar-refractivity contribution in [1.82, 2.24) is 4.98 Å². The number of rotatable bonds is 4. The number of anilines is 1. The quantitative estimate of drug-likeness (QED) is 0.691. The Labute approximate surface area is 133 Å². The molecule has 5 heteroatoms. The van der Waals surface area contributed by atoms with Crippen LogP contribution in [0.15, 0.2) is 54.7 Å². The highest BCUT2D eigenvalue weighted by Gasteiger charge is 2.16. The number of benzene rings is 2. The second-order valence-corrected chi connectivity index (χ2v) is 5.35. The molecule has 1 heterocycles. The third kappa shape index (κ3) is 3.23. The van der Waals surface area contributed by atoms with Crippen molar-refractivity contribution in [2.45, 2.75) is 12.5 Å². The molecule has 0 aliphatic carbocycles. The van der Waals surface area contributed by atoms with Gasteiger partial charge in [0.15, 0.2) is 0 Å². The maximum absolute atomic E-state index is 12.2. The maximum atomic E-state index is 12.2. The molecule has 2 aromatic carbocycles. The second-order valence-electron chi connectivity index (χ2n) is 5.35. The molecule has 114 valence electrons. The van der Waals surface area contributed by atoms with E-state index < -0.39 is 6.04 Å². The third-order valence-corrected chi connectivity index (χ3v) is 3.71. The van der Waals surface area contributed by atoms with Crippen molar-refractivity contribution < 1.29 is 4.79 Å². The van der Waals surface area contributed by atoms with Gasteiger partial charge in [0.25, 0.3) is 0 Å². The van der Waals surface area contributed by atoms with Gasteiger partial charge in [0.1, 0.15) is 0 Å². The van der Waals surface area contributed by atoms with Gasteiger partial charge in [0.2, 0.25) is 5.91 Å². The fraction of sp³-hybridized carbons (Fsp3) is 0.111. The van der Waals surface area contributed by atoms with E-state index in [2.05, 4.69) is 10.3 Å². The van der Waals surface area contributed by atoms with Crippen molar-refractivity contribution in [3.8, 4) is 6.07 Å². The Morgan fingerprint density at radius 3 is 2.91 bits per heavy atom. The van der Waals surface area contributed by atoms with Gasteiger partial charge in [-0.1, -0.05) is 24.3 Å². The van der Waals surface area contributed by atoms with E-state index in [0.717, 1.165) is 16.5 Å². The van der Waals surface area contributed by atoms with Crippen LogP contribution in [0.3, 0.4) is 0 Å². The number of nitrogens with two attached hydrogens (primary N) is 1. The average molecular weight is 304 g/mol. The molecule has 0 unspecified atom stereocenters. The number of fused-ring (bicyclic) bond motifs is 1. The number of amides is 1. The molecular weight excluding hydrogens is 288 g/mol. The smallest absolute Gasteiger partial charge is 0.241 e. The van der Waals surface area contributed by atoms with E-state index in [4.69, 9.17) is 11.0 Å². The fourth-order valence-corrected chi connectivity index (χ4v) is 2.53. The molecular formula is C18H16N4O. The molecule has 0 aliphatic heterocycles. The zero-order valence-electron chi connectivity index (χ0n) is 12.4. The molecule has 3 rings (SSSR count). The molecule has 5 nitrogen and oxygen atoms in total. The van der Waals surface area contributed by atoms with E-state index in [9.17, 15) is 4.79 Å². The lowest BCUT2D eigenvalue weighted by atomic mass is 10.0. The molecule has 4 N–H and O–H groups in total. The van der Waals surface area contributed by atoms with Crippen LogP contribution in [0, 0.1) is 11.3 Å². The van der Waals surface area contributed by atoms with Crippen LogP contribution in [0.1, 0.15) is 11.1 Å². The van der Waals surface area contributed by atoms with Gasteiger partial charge in [-0.05, 0) is 36.2 Å². The van der Waals surface area contributed by atoms with Crippen LogP contribution in [0.2, 0.25) is 0 Å². The van der Waals surface area contributed by atoms with Gasteiger partial charge in [-0.2, -0.15) is 5.26 Å². The summed E-state index contributed by atoms with van der Waals surface area (Å²) in [6.45, 7) is 0. The number of hydrogen-bond acceptors (Lipinski definition) is 3. The summed E-state index contributed by atoms with van der Waals surface area (Å²) in [5.41, 5.74) is 9.13. The van der Waals surface area contributed by atoms with Crippen molar-refractivity contribution in [3.05, 3.63) is 65.9 Å². The molecule has 0 fully saturated rings. The molecule has 3 aromatic rings. The first-order chi connectivity index (χ1) is 11.2. The number of H-pyrrole nitrogens is 1. The molecule has 0 saturated heterocycles. The van der Waals surface area contributed by atoms with E-state index in [-0.39, 0.29) is 5.91 Å². The van der Waals surface area contributed by atoms with Crippen molar-refractivity contribution in [2.24, 2.45) is 5.73 Å². The lowest BCUT2D eigenvalue weighted by molar-refractivity contribution is -0.117. The number of carbonyl (C=O) groups excluding carboxylic acids is 1. The molecule has 0 radical (unpaired) electrons. The molecule has 1 atom stereocenters. The molecule has 1 amide bonds. The Balaban J connectivity index is 1.71. The minimum absolute atomic E-state index is 0.273. The van der Waals surface area contributed by atoms with E-state index in [1.807, 2.05) is 36.5 Å². The van der Waals surface area contributed by atoms with E-state index in [0.29, 0.717) is 17.7 Å². The second kappa shape index (κ2) is 6.34. The monoisotopic (exact) mass is 304 g/mol. The molecule has 0 spiro atoms. The summed E-state index contributed by atoms with van der Waals surface area (Å²) in [5, 5.41) is 12.7. The lowest BCUT2D eigenvalue weighted by Crippen LogP contribution is -2.37. The van der Waals surface area contributed by atoms with Crippen LogP contribution in [0.4, 0.5) is 5.69 Å². The molecule has 23 heavy (non-hydrogen) atoms. The Morgan fingerprint density at radius 1 is 1.26 bits per heavy atom. The first-order valence-corrected chi connectivity index (χ1v) is 7.29. The minimum atomic E-state index is -0.667. The normalized spacial score (nSPS) is 11.8. The van der Waals surface area contributed by atoms with Gasteiger partial charge in [0, 0.05) is 22.8 Å². The zero-order chi connectivity index (χ0) is 16.2. The van der Waals surface area contributed by atoms with Gasteiger partial charge < -0.3 is 16.0 Å². The zero-order valence-corrected chi connectivity index (χ0v) is 12.4. The van der Waals surface area contributed by atoms with Crippen molar-refractivity contribution in [3.63, 3.8) is 0 Å². The fourth-order valence-electron chi connectivity index (χ4n) is 2.53. The lowest BCUT2D eigenvalue weighted by Gasteiger charge is -2.12. The maximum Gasteiger partial charge on any atom is 0.241 e. The molecule has 1 aromatic heterocycles. The summed E-state index contributed by atoms with van der Waals surface area (Å²) in [4.78, 5) is 15.4. The Bertz CT molecular complexity index is 891. The Kier molecular flexibility index (Phi) is 4.09. The summed E-state index contributed by atoms with van der Waals surface area (Å²) in [6, 6.07) is 16.0. The van der Waals surface area contributed by atoms with Crippen LogP contribution in [0.25, 0.3) is 10.9 Å². The van der Waals surface area contributed by atoms with Gasteiger partial charge in [-0.3, -0.25) is 4.79 Å². The summed E-state index contributed by atoms with van der Waals surface area (Å²) < 4.78 is 0. The first kappa shape index (κ1) is 14.8. The number of hydrogen-bond donors (Lipinski definition) is 3. The number of para-hydroxylation sites is 1. The van der Waals surface area contributed by atoms with Crippen LogP contribution in [-0.2, 0) is 11.2 Å². The Morgan fingerprint density at radius 2 is 2.09 bits per heavy atom. The first-order valence-electron chi connectivity index (χ1n) is 7.29. The van der Waals surface area contributed by atoms with Crippen LogP contribution in [0.5, 0.6) is 0 Å². The van der Waals surface area contributed by atoms with E-state index >= 15 is 0 Å². The summed E-state index contributed by atoms with van der Waals surface area (Å²) in [5.74, 6) is -0.273. The minimum Gasteiger partial charge on any atom is -0.361 e. The SMILES string of the molecule is N#Cc1cccc(NC(=O)[C@@H](N)Cc2c[nH]c3ccccc23)c1. The Hall–Kier alpha value is -3.10. The topological polar surface area (TPSA) is 94.7 Å². The van der Waals surface area contributed by atoms with Crippen molar-refractivity contribution in [1.29, 1.82) is 5.26 Å². The van der Waals surface area contributed by atoms with Crippen LogP contribution in [-0.4, -0.2) is 16.9 Å². The molecule has 0 bridgehead atoms. The van der Waals surface area contributed by atoms with Gasteiger partial charge >= 0.3 is 0 Å². The highest BCUT2D eigenvalue weighted by Crippen LogP contribution is 2.19. The van der Waals surface area contributed by atoms with Crippen LogP contribution >= 0.6 is 0 Å². The largest absolute Gasteiger partial charge is 0.361 e. The number of carbonyl (C=O) groups is 1. The van der Waals surface area contributed by atoms with E-state index in [1.165, 1.54) is 0 Å². The summed E-state index contributed by atoms with van der Waals surface area (Å²) in [7, 11) is 0. The standard InChI is InChI=1S/C18H16N4O/c19-10-12-4-3-5-14(8-12)22-18(23)16(20)9-13-11-21-17-7-2-1-6-15(13)17/h1-8,11,16,21H,9,20H2,(H,22,23)/t16-/m0/s1. The highest BCUT2D eigenvalue weighted by molar-refractivity contribution is 5.95. The molecule has 0 aliphatic rings. The number of nitriles is 1. The summed E-state index contributed by atoms with van der Waals surface area (Å²) >= 11 is 0. The predicted octanol–water partition coefficient (Wildman–Crippen LogP) is 2.55. The third-order valence-electron chi connectivity index (χ3n) is 3.71. The van der Waals surface area contributed by atoms with Gasteiger partial charge in [-0.25, -0.2) is 0 Å². The highest BCUT2D eigenvalue weighted by atomic mass is 16.2. The number of aromatic nitrogens is 1. The number of nitrogens with one attached hydrogen (secondary N) is 2.